The lowest BCUT2D eigenvalue weighted by Gasteiger charge is -2.48. The van der Waals surface area contributed by atoms with Crippen LogP contribution in [0.4, 0.5) is 0 Å². The van der Waals surface area contributed by atoms with E-state index in [0.29, 0.717) is 32.2 Å². The van der Waals surface area contributed by atoms with E-state index in [0.717, 1.165) is 25.7 Å². The minimum atomic E-state index is -0.541. The number of likely N-dealkylation sites (tertiary alicyclic amines) is 1. The van der Waals surface area contributed by atoms with Crippen molar-refractivity contribution in [1.82, 2.24) is 4.90 Å². The Labute approximate surface area is 95.6 Å². The van der Waals surface area contributed by atoms with Crippen LogP contribution in [-0.2, 0) is 9.53 Å². The quantitative estimate of drug-likeness (QED) is 0.740. The van der Waals surface area contributed by atoms with Crippen molar-refractivity contribution in [3.63, 3.8) is 0 Å². The average Bonchev–Trinajstić information content (AvgIpc) is 3.09. The van der Waals surface area contributed by atoms with Crippen molar-refractivity contribution in [2.75, 3.05) is 26.3 Å². The lowest BCUT2D eigenvalue weighted by Crippen LogP contribution is -2.65. The molecule has 16 heavy (non-hydrogen) atoms. The molecule has 1 N–H and O–H groups in total. The highest BCUT2D eigenvalue weighted by Crippen LogP contribution is 2.44. The van der Waals surface area contributed by atoms with Crippen LogP contribution in [0.15, 0.2) is 0 Å². The van der Waals surface area contributed by atoms with Crippen LogP contribution in [0.25, 0.3) is 0 Å². The Kier molecular flexibility index (Phi) is 2.44. The summed E-state index contributed by atoms with van der Waals surface area (Å²) in [6, 6.07) is 0. The Hall–Kier alpha value is -0.610. The van der Waals surface area contributed by atoms with Crippen molar-refractivity contribution in [2.45, 2.75) is 31.3 Å². The summed E-state index contributed by atoms with van der Waals surface area (Å²) >= 11 is 0. The van der Waals surface area contributed by atoms with Gasteiger partial charge in [0.05, 0.1) is 13.1 Å². The number of β-amino-alcohol motifs (C(OH)–C–C–N with tert-alkyl or cyclic N) is 1. The molecule has 0 bridgehead atoms. The van der Waals surface area contributed by atoms with E-state index in [9.17, 15) is 9.90 Å². The third-order valence-electron chi connectivity index (χ3n) is 4.15. The second-order valence-corrected chi connectivity index (χ2v) is 5.46. The molecule has 0 unspecified atom stereocenters. The molecule has 0 radical (unpaired) electrons. The zero-order valence-corrected chi connectivity index (χ0v) is 9.52. The molecule has 0 spiro atoms. The van der Waals surface area contributed by atoms with Gasteiger partial charge in [-0.3, -0.25) is 4.79 Å². The van der Waals surface area contributed by atoms with Crippen LogP contribution >= 0.6 is 0 Å². The van der Waals surface area contributed by atoms with Crippen LogP contribution in [-0.4, -0.2) is 47.8 Å². The summed E-state index contributed by atoms with van der Waals surface area (Å²) in [6.45, 7) is 2.54. The number of rotatable bonds is 2. The number of carbonyl (C=O) groups excluding carboxylic acids is 1. The fraction of sp³-hybridized carbons (Fsp3) is 0.917. The molecular weight excluding hydrogens is 206 g/mol. The van der Waals surface area contributed by atoms with Crippen molar-refractivity contribution in [3.8, 4) is 0 Å². The van der Waals surface area contributed by atoms with Crippen LogP contribution in [0.2, 0.25) is 0 Å². The van der Waals surface area contributed by atoms with Gasteiger partial charge in [0.25, 0.3) is 0 Å². The Morgan fingerprint density at radius 3 is 2.38 bits per heavy atom. The maximum absolute atomic E-state index is 12.1. The summed E-state index contributed by atoms with van der Waals surface area (Å²) in [5.41, 5.74) is -0.541. The molecule has 0 aromatic heterocycles. The first-order valence-electron chi connectivity index (χ1n) is 6.28. The van der Waals surface area contributed by atoms with E-state index < -0.39 is 5.60 Å². The molecule has 4 heteroatoms. The first-order chi connectivity index (χ1) is 7.69. The molecular formula is C12H19NO3. The van der Waals surface area contributed by atoms with Crippen molar-refractivity contribution in [3.05, 3.63) is 0 Å². The van der Waals surface area contributed by atoms with Crippen LogP contribution < -0.4 is 0 Å². The highest BCUT2D eigenvalue weighted by molar-refractivity contribution is 5.80. The van der Waals surface area contributed by atoms with E-state index in [4.69, 9.17) is 4.74 Å². The van der Waals surface area contributed by atoms with E-state index in [1.807, 2.05) is 4.90 Å². The summed E-state index contributed by atoms with van der Waals surface area (Å²) in [4.78, 5) is 13.9. The molecule has 2 saturated heterocycles. The highest BCUT2D eigenvalue weighted by Gasteiger charge is 2.53. The largest absolute Gasteiger partial charge is 0.386 e. The molecule has 3 rings (SSSR count). The van der Waals surface area contributed by atoms with Gasteiger partial charge in [-0.1, -0.05) is 0 Å². The molecule has 1 amide bonds. The number of hydrogen-bond donors (Lipinski definition) is 1. The van der Waals surface area contributed by atoms with E-state index in [1.54, 1.807) is 0 Å². The number of ether oxygens (including phenoxy) is 1. The topological polar surface area (TPSA) is 49.8 Å². The van der Waals surface area contributed by atoms with Crippen LogP contribution in [0.5, 0.6) is 0 Å². The smallest absolute Gasteiger partial charge is 0.226 e. The van der Waals surface area contributed by atoms with Gasteiger partial charge in [0.2, 0.25) is 5.91 Å². The molecule has 90 valence electrons. The lowest BCUT2D eigenvalue weighted by atomic mass is 9.86. The minimum Gasteiger partial charge on any atom is -0.386 e. The van der Waals surface area contributed by atoms with Gasteiger partial charge in [-0.25, -0.2) is 0 Å². The Morgan fingerprint density at radius 2 is 1.81 bits per heavy atom. The third-order valence-corrected chi connectivity index (χ3v) is 4.15. The summed E-state index contributed by atoms with van der Waals surface area (Å²) in [5, 5.41) is 10.1. The van der Waals surface area contributed by atoms with Crippen LogP contribution in [0.3, 0.4) is 0 Å². The third kappa shape index (κ3) is 1.74. The zero-order valence-electron chi connectivity index (χ0n) is 9.52. The highest BCUT2D eigenvalue weighted by atomic mass is 16.5. The maximum atomic E-state index is 12.1. The number of hydrogen-bond acceptors (Lipinski definition) is 3. The minimum absolute atomic E-state index is 0.137. The van der Waals surface area contributed by atoms with Gasteiger partial charge in [-0.15, -0.1) is 0 Å². The van der Waals surface area contributed by atoms with Gasteiger partial charge in [0.15, 0.2) is 0 Å². The normalized spacial score (nSPS) is 29.9. The van der Waals surface area contributed by atoms with Gasteiger partial charge in [-0.05, 0) is 31.6 Å². The molecule has 1 aliphatic carbocycles. The Morgan fingerprint density at radius 1 is 1.19 bits per heavy atom. The fourth-order valence-corrected chi connectivity index (χ4v) is 2.85. The Balaban J connectivity index is 1.53. The van der Waals surface area contributed by atoms with Crippen molar-refractivity contribution >= 4 is 5.91 Å². The van der Waals surface area contributed by atoms with Gasteiger partial charge in [0.1, 0.15) is 5.60 Å². The number of nitrogens with zero attached hydrogens (tertiary/aromatic N) is 1. The van der Waals surface area contributed by atoms with Crippen molar-refractivity contribution in [2.24, 2.45) is 11.8 Å². The van der Waals surface area contributed by atoms with Crippen molar-refractivity contribution in [1.29, 1.82) is 0 Å². The molecule has 0 aromatic rings. The van der Waals surface area contributed by atoms with Gasteiger partial charge < -0.3 is 14.7 Å². The molecule has 4 nitrogen and oxygen atoms in total. The molecule has 2 aliphatic heterocycles. The number of aliphatic hydroxyl groups is 1. The summed E-state index contributed by atoms with van der Waals surface area (Å²) in [5.74, 6) is 0.831. The molecule has 2 heterocycles. The Bertz CT molecular complexity index is 289. The summed E-state index contributed by atoms with van der Waals surface area (Å²) in [7, 11) is 0. The molecule has 0 atom stereocenters. The predicted molar refractivity (Wildman–Crippen MR) is 57.8 cm³/mol. The van der Waals surface area contributed by atoms with Crippen LogP contribution in [0, 0.1) is 11.8 Å². The second-order valence-electron chi connectivity index (χ2n) is 5.46. The first kappa shape index (κ1) is 10.5. The van der Waals surface area contributed by atoms with Gasteiger partial charge in [0, 0.05) is 19.1 Å². The number of carbonyl (C=O) groups is 1. The predicted octanol–water partition coefficient (Wildman–Crippen LogP) is 0.396. The molecule has 0 aromatic carbocycles. The second kappa shape index (κ2) is 3.70. The summed E-state index contributed by atoms with van der Waals surface area (Å²) in [6.07, 6.45) is 3.96. The SMILES string of the molecule is O=C(C1CCOCC1)N1CC(O)(C2CC2)C1. The van der Waals surface area contributed by atoms with Gasteiger partial charge >= 0.3 is 0 Å². The van der Waals surface area contributed by atoms with E-state index >= 15 is 0 Å². The van der Waals surface area contributed by atoms with Gasteiger partial charge in [-0.2, -0.15) is 0 Å². The van der Waals surface area contributed by atoms with E-state index in [1.165, 1.54) is 0 Å². The first-order valence-corrected chi connectivity index (χ1v) is 6.28. The standard InChI is InChI=1S/C12H19NO3/c14-11(9-3-5-16-6-4-9)13-7-12(15,8-13)10-1-2-10/h9-10,15H,1-8H2. The molecule has 3 fully saturated rings. The molecule has 3 aliphatic rings. The molecule has 1 saturated carbocycles. The summed E-state index contributed by atoms with van der Waals surface area (Å²) < 4.78 is 5.25. The maximum Gasteiger partial charge on any atom is 0.226 e. The fourth-order valence-electron chi connectivity index (χ4n) is 2.85. The lowest BCUT2D eigenvalue weighted by molar-refractivity contribution is -0.165. The van der Waals surface area contributed by atoms with E-state index in [2.05, 4.69) is 0 Å². The number of amides is 1. The monoisotopic (exact) mass is 225 g/mol. The van der Waals surface area contributed by atoms with Crippen LogP contribution in [0.1, 0.15) is 25.7 Å². The van der Waals surface area contributed by atoms with E-state index in [-0.39, 0.29) is 11.8 Å². The zero-order chi connectivity index (χ0) is 11.2. The average molecular weight is 225 g/mol. The van der Waals surface area contributed by atoms with Crippen molar-refractivity contribution < 1.29 is 14.6 Å².